The number of thiazole rings is 1. The van der Waals surface area contributed by atoms with Crippen LogP contribution >= 0.6 is 11.3 Å². The topological polar surface area (TPSA) is 45.1 Å². The van der Waals surface area contributed by atoms with E-state index in [4.69, 9.17) is 0 Å². The van der Waals surface area contributed by atoms with Crippen molar-refractivity contribution in [1.82, 2.24) is 10.3 Å². The van der Waals surface area contributed by atoms with Crippen LogP contribution in [0.5, 0.6) is 0 Å². The molecule has 0 saturated heterocycles. The predicted molar refractivity (Wildman–Crippen MR) is 71.2 cm³/mol. The molecule has 1 heterocycles. The van der Waals surface area contributed by atoms with Gasteiger partial charge in [-0.25, -0.2) is 4.98 Å². The van der Waals surface area contributed by atoms with Gasteiger partial charge in [-0.1, -0.05) is 19.3 Å². The molecule has 4 heteroatoms. The number of aromatic nitrogens is 1. The minimum Gasteiger partial charge on any atom is -0.389 e. The van der Waals surface area contributed by atoms with E-state index < -0.39 is 5.60 Å². The lowest BCUT2D eigenvalue weighted by atomic mass is 9.84. The number of nitrogens with one attached hydrogen (secondary N) is 1. The number of aliphatic hydroxyl groups is 1. The maximum atomic E-state index is 10.5. The predicted octanol–water partition coefficient (Wildman–Crippen LogP) is 2.66. The Balaban J connectivity index is 1.93. The Morgan fingerprint density at radius 3 is 2.71 bits per heavy atom. The molecule has 2 N–H and O–H groups in total. The maximum Gasteiger partial charge on any atom is 0.112 e. The second-order valence-corrected chi connectivity index (χ2v) is 6.50. The molecule has 3 nitrogen and oxygen atoms in total. The first-order chi connectivity index (χ1) is 8.02. The summed E-state index contributed by atoms with van der Waals surface area (Å²) in [7, 11) is 0. The first-order valence-electron chi connectivity index (χ1n) is 6.39. The highest BCUT2D eigenvalue weighted by Crippen LogP contribution is 2.29. The average Bonchev–Trinajstić information content (AvgIpc) is 2.82. The van der Waals surface area contributed by atoms with Gasteiger partial charge in [0.1, 0.15) is 5.01 Å². The molecule has 1 aliphatic carbocycles. The van der Waals surface area contributed by atoms with Crippen molar-refractivity contribution < 1.29 is 5.11 Å². The third-order valence-corrected chi connectivity index (χ3v) is 4.71. The van der Waals surface area contributed by atoms with Crippen LogP contribution in [0.4, 0.5) is 0 Å². The lowest BCUT2D eigenvalue weighted by Gasteiger charge is -2.35. The van der Waals surface area contributed by atoms with Crippen LogP contribution in [0.3, 0.4) is 0 Å². The first kappa shape index (κ1) is 13.0. The third-order valence-electron chi connectivity index (χ3n) is 3.61. The van der Waals surface area contributed by atoms with Crippen molar-refractivity contribution in [1.29, 1.82) is 0 Å². The summed E-state index contributed by atoms with van der Waals surface area (Å²) in [6.45, 7) is 4.91. The van der Waals surface area contributed by atoms with E-state index in [1.54, 1.807) is 11.3 Å². The average molecular weight is 254 g/mol. The van der Waals surface area contributed by atoms with Crippen LogP contribution < -0.4 is 5.32 Å². The third kappa shape index (κ3) is 3.27. The molecule has 2 rings (SSSR count). The zero-order chi connectivity index (χ0) is 12.4. The monoisotopic (exact) mass is 254 g/mol. The second-order valence-electron chi connectivity index (χ2n) is 5.60. The largest absolute Gasteiger partial charge is 0.389 e. The Hall–Kier alpha value is -0.450. The molecule has 1 aromatic rings. The fraction of sp³-hybridized carbons (Fsp3) is 0.769. The van der Waals surface area contributed by atoms with Gasteiger partial charge in [-0.2, -0.15) is 0 Å². The molecule has 0 spiro atoms. The molecule has 1 aliphatic rings. The van der Waals surface area contributed by atoms with Crippen LogP contribution in [-0.4, -0.2) is 22.2 Å². The molecular formula is C13H22N2OS. The zero-order valence-electron chi connectivity index (χ0n) is 10.7. The van der Waals surface area contributed by atoms with E-state index in [9.17, 15) is 5.11 Å². The van der Waals surface area contributed by atoms with Crippen molar-refractivity contribution >= 4 is 11.3 Å². The molecule has 1 aromatic heterocycles. The molecule has 0 bridgehead atoms. The van der Waals surface area contributed by atoms with Gasteiger partial charge in [0.15, 0.2) is 0 Å². The Labute approximate surface area is 107 Å². The molecule has 96 valence electrons. The summed E-state index contributed by atoms with van der Waals surface area (Å²) < 4.78 is 0. The summed E-state index contributed by atoms with van der Waals surface area (Å²) in [5.74, 6) is 0. The molecule has 0 aromatic carbocycles. The quantitative estimate of drug-likeness (QED) is 0.868. The summed E-state index contributed by atoms with van der Waals surface area (Å²) in [6, 6.07) is 0. The number of nitrogens with zero attached hydrogens (tertiary/aromatic N) is 1. The van der Waals surface area contributed by atoms with Crippen LogP contribution in [-0.2, 0) is 5.54 Å². The normalized spacial score (nSPS) is 20.4. The van der Waals surface area contributed by atoms with Crippen molar-refractivity contribution in [3.8, 4) is 0 Å². The standard InChI is InChI=1S/C13H22N2OS/c1-12(2,11-14-8-9-17-11)15-10-13(16)6-4-3-5-7-13/h8-9,15-16H,3-7,10H2,1-2H3. The number of rotatable bonds is 4. The van der Waals surface area contributed by atoms with Crippen molar-refractivity contribution in [2.24, 2.45) is 0 Å². The van der Waals surface area contributed by atoms with Crippen molar-refractivity contribution in [3.63, 3.8) is 0 Å². The van der Waals surface area contributed by atoms with Crippen LogP contribution in [0.1, 0.15) is 51.0 Å². The van der Waals surface area contributed by atoms with Crippen molar-refractivity contribution in [2.45, 2.75) is 57.1 Å². The number of hydrogen-bond acceptors (Lipinski definition) is 4. The number of hydrogen-bond donors (Lipinski definition) is 2. The molecule has 0 radical (unpaired) electrons. The Kier molecular flexibility index (Phi) is 3.85. The van der Waals surface area contributed by atoms with Gasteiger partial charge < -0.3 is 10.4 Å². The van der Waals surface area contributed by atoms with Crippen LogP contribution in [0, 0.1) is 0 Å². The van der Waals surface area contributed by atoms with Gasteiger partial charge in [-0.3, -0.25) is 0 Å². The fourth-order valence-corrected chi connectivity index (χ4v) is 3.12. The highest BCUT2D eigenvalue weighted by atomic mass is 32.1. The molecule has 17 heavy (non-hydrogen) atoms. The molecule has 0 unspecified atom stereocenters. The lowest BCUT2D eigenvalue weighted by molar-refractivity contribution is -0.000870. The summed E-state index contributed by atoms with van der Waals surface area (Å²) >= 11 is 1.66. The SMILES string of the molecule is CC(C)(NCC1(O)CCCCC1)c1nccs1. The fourth-order valence-electron chi connectivity index (χ4n) is 2.38. The van der Waals surface area contributed by atoms with Gasteiger partial charge in [-0.05, 0) is 26.7 Å². The molecule has 1 fully saturated rings. The summed E-state index contributed by atoms with van der Waals surface area (Å²) in [5, 5.41) is 17.0. The van der Waals surface area contributed by atoms with Gasteiger partial charge in [0, 0.05) is 18.1 Å². The van der Waals surface area contributed by atoms with Crippen molar-refractivity contribution in [2.75, 3.05) is 6.54 Å². The van der Waals surface area contributed by atoms with E-state index in [-0.39, 0.29) is 5.54 Å². The van der Waals surface area contributed by atoms with E-state index in [1.165, 1.54) is 6.42 Å². The Morgan fingerprint density at radius 2 is 2.12 bits per heavy atom. The minimum atomic E-state index is -0.507. The van der Waals surface area contributed by atoms with Crippen molar-refractivity contribution in [3.05, 3.63) is 16.6 Å². The minimum absolute atomic E-state index is 0.151. The molecule has 0 amide bonds. The van der Waals surface area contributed by atoms with E-state index in [0.717, 1.165) is 30.7 Å². The summed E-state index contributed by atoms with van der Waals surface area (Å²) in [6.07, 6.45) is 7.24. The van der Waals surface area contributed by atoms with Crippen LogP contribution in [0.2, 0.25) is 0 Å². The molecule has 1 saturated carbocycles. The van der Waals surface area contributed by atoms with Gasteiger partial charge in [0.05, 0.1) is 11.1 Å². The molecule has 0 atom stereocenters. The zero-order valence-corrected chi connectivity index (χ0v) is 11.5. The Morgan fingerprint density at radius 1 is 1.41 bits per heavy atom. The smallest absolute Gasteiger partial charge is 0.112 e. The second kappa shape index (κ2) is 5.04. The molecule has 0 aliphatic heterocycles. The van der Waals surface area contributed by atoms with Gasteiger partial charge in [0.25, 0.3) is 0 Å². The first-order valence-corrected chi connectivity index (χ1v) is 7.27. The summed E-state index contributed by atoms with van der Waals surface area (Å²) in [5.41, 5.74) is -0.659. The highest BCUT2D eigenvalue weighted by molar-refractivity contribution is 7.09. The van der Waals surface area contributed by atoms with Gasteiger partial charge in [-0.15, -0.1) is 11.3 Å². The van der Waals surface area contributed by atoms with Gasteiger partial charge >= 0.3 is 0 Å². The van der Waals surface area contributed by atoms with Crippen LogP contribution in [0.25, 0.3) is 0 Å². The summed E-state index contributed by atoms with van der Waals surface area (Å²) in [4.78, 5) is 4.35. The Bertz CT molecular complexity index is 342. The van der Waals surface area contributed by atoms with Gasteiger partial charge in [0.2, 0.25) is 0 Å². The van der Waals surface area contributed by atoms with E-state index in [1.807, 2.05) is 11.6 Å². The lowest BCUT2D eigenvalue weighted by Crippen LogP contribution is -2.48. The van der Waals surface area contributed by atoms with Crippen LogP contribution in [0.15, 0.2) is 11.6 Å². The van der Waals surface area contributed by atoms with E-state index >= 15 is 0 Å². The van der Waals surface area contributed by atoms with E-state index in [0.29, 0.717) is 6.54 Å². The van der Waals surface area contributed by atoms with E-state index in [2.05, 4.69) is 24.1 Å². The highest BCUT2D eigenvalue weighted by Gasteiger charge is 2.32. The maximum absolute atomic E-state index is 10.5. The molecular weight excluding hydrogens is 232 g/mol.